The van der Waals surface area contributed by atoms with Crippen LogP contribution in [0.2, 0.25) is 0 Å². The minimum atomic E-state index is -2.02. The zero-order chi connectivity index (χ0) is 15.0. The highest BCUT2D eigenvalue weighted by Gasteiger charge is 2.19. The summed E-state index contributed by atoms with van der Waals surface area (Å²) in [6, 6.07) is 4.65. The SMILES string of the molecule is C=CCc1ccc(C(F)C(=O)O)cc1OCCCCC. The smallest absolute Gasteiger partial charge is 0.343 e. The second kappa shape index (κ2) is 8.35. The summed E-state index contributed by atoms with van der Waals surface area (Å²) in [4.78, 5) is 10.7. The van der Waals surface area contributed by atoms with Crippen LogP contribution in [-0.4, -0.2) is 17.7 Å². The van der Waals surface area contributed by atoms with Gasteiger partial charge in [0.1, 0.15) is 5.75 Å². The summed E-state index contributed by atoms with van der Waals surface area (Å²) in [5.41, 5.74) is 0.994. The molecular weight excluding hydrogens is 259 g/mol. The molecule has 0 aromatic heterocycles. The van der Waals surface area contributed by atoms with Crippen LogP contribution in [0.4, 0.5) is 4.39 Å². The number of hydrogen-bond donors (Lipinski definition) is 1. The van der Waals surface area contributed by atoms with E-state index in [4.69, 9.17) is 9.84 Å². The molecule has 0 aliphatic heterocycles. The third-order valence-corrected chi connectivity index (χ3v) is 2.97. The Bertz CT molecular complexity index is 457. The third kappa shape index (κ3) is 4.68. The molecule has 20 heavy (non-hydrogen) atoms. The van der Waals surface area contributed by atoms with Gasteiger partial charge in [0.25, 0.3) is 0 Å². The van der Waals surface area contributed by atoms with Crippen LogP contribution in [0.1, 0.15) is 43.5 Å². The Balaban J connectivity index is 2.87. The summed E-state index contributed by atoms with van der Waals surface area (Å²) in [5, 5.41) is 8.71. The third-order valence-electron chi connectivity index (χ3n) is 2.97. The number of hydrogen-bond acceptors (Lipinski definition) is 2. The van der Waals surface area contributed by atoms with E-state index in [1.54, 1.807) is 12.1 Å². The molecule has 0 bridgehead atoms. The van der Waals surface area contributed by atoms with Crippen LogP contribution in [0.3, 0.4) is 0 Å². The first-order valence-corrected chi connectivity index (χ1v) is 6.83. The van der Waals surface area contributed by atoms with E-state index < -0.39 is 12.1 Å². The van der Waals surface area contributed by atoms with Gasteiger partial charge in [0, 0.05) is 5.56 Å². The van der Waals surface area contributed by atoms with Crippen molar-refractivity contribution in [3.05, 3.63) is 42.0 Å². The van der Waals surface area contributed by atoms with Crippen molar-refractivity contribution in [2.45, 2.75) is 38.8 Å². The Labute approximate surface area is 119 Å². The Hall–Kier alpha value is -1.84. The lowest BCUT2D eigenvalue weighted by molar-refractivity contribution is -0.143. The quantitative estimate of drug-likeness (QED) is 0.547. The van der Waals surface area contributed by atoms with Gasteiger partial charge in [-0.3, -0.25) is 0 Å². The molecular formula is C16H21FO3. The molecule has 4 heteroatoms. The molecule has 1 aromatic rings. The highest BCUT2D eigenvalue weighted by atomic mass is 19.1. The van der Waals surface area contributed by atoms with E-state index in [1.807, 2.05) is 0 Å². The van der Waals surface area contributed by atoms with Gasteiger partial charge in [-0.15, -0.1) is 6.58 Å². The van der Waals surface area contributed by atoms with Crippen molar-refractivity contribution in [2.24, 2.45) is 0 Å². The first kappa shape index (κ1) is 16.2. The van der Waals surface area contributed by atoms with Gasteiger partial charge in [0.15, 0.2) is 0 Å². The summed E-state index contributed by atoms with van der Waals surface area (Å²) in [6.45, 7) is 6.32. The van der Waals surface area contributed by atoms with Crippen LogP contribution in [0, 0.1) is 0 Å². The van der Waals surface area contributed by atoms with Crippen LogP contribution in [-0.2, 0) is 11.2 Å². The second-order valence-corrected chi connectivity index (χ2v) is 4.62. The van der Waals surface area contributed by atoms with Gasteiger partial charge in [-0.2, -0.15) is 0 Å². The Kier molecular flexibility index (Phi) is 6.77. The van der Waals surface area contributed by atoms with Gasteiger partial charge in [-0.05, 0) is 24.5 Å². The standard InChI is InChI=1S/C16H21FO3/c1-3-5-6-10-20-14-11-13(15(17)16(18)19)9-8-12(14)7-4-2/h4,8-9,11,15H,2-3,5-7,10H2,1H3,(H,18,19). The number of carboxylic acid groups (broad SMARTS) is 1. The highest BCUT2D eigenvalue weighted by Crippen LogP contribution is 2.27. The maximum Gasteiger partial charge on any atom is 0.343 e. The average Bonchev–Trinajstić information content (AvgIpc) is 2.44. The molecule has 0 saturated heterocycles. The number of carbonyl (C=O) groups is 1. The first-order valence-electron chi connectivity index (χ1n) is 6.83. The predicted octanol–water partition coefficient (Wildman–Crippen LogP) is 4.08. The van der Waals surface area contributed by atoms with Crippen molar-refractivity contribution in [1.29, 1.82) is 0 Å². The molecule has 0 amide bonds. The van der Waals surface area contributed by atoms with E-state index in [0.717, 1.165) is 24.8 Å². The predicted molar refractivity (Wildman–Crippen MR) is 76.8 cm³/mol. The molecule has 3 nitrogen and oxygen atoms in total. The van der Waals surface area contributed by atoms with E-state index in [2.05, 4.69) is 13.5 Å². The number of alkyl halides is 1. The lowest BCUT2D eigenvalue weighted by atomic mass is 10.0. The zero-order valence-electron chi connectivity index (χ0n) is 11.8. The number of aliphatic carboxylic acids is 1. The van der Waals surface area contributed by atoms with Crippen molar-refractivity contribution in [3.8, 4) is 5.75 Å². The number of carboxylic acids is 1. The molecule has 0 aliphatic rings. The normalized spacial score (nSPS) is 11.9. The first-order chi connectivity index (χ1) is 9.60. The number of rotatable bonds is 9. The van der Waals surface area contributed by atoms with Gasteiger partial charge < -0.3 is 9.84 Å². The number of allylic oxidation sites excluding steroid dienone is 1. The van der Waals surface area contributed by atoms with Crippen LogP contribution in [0.25, 0.3) is 0 Å². The molecule has 0 heterocycles. The van der Waals surface area contributed by atoms with Gasteiger partial charge >= 0.3 is 5.97 Å². The average molecular weight is 280 g/mol. The molecule has 0 radical (unpaired) electrons. The Morgan fingerprint density at radius 1 is 1.50 bits per heavy atom. The summed E-state index contributed by atoms with van der Waals surface area (Å²) < 4.78 is 19.2. The van der Waals surface area contributed by atoms with E-state index in [1.165, 1.54) is 12.1 Å². The van der Waals surface area contributed by atoms with E-state index in [-0.39, 0.29) is 5.56 Å². The fourth-order valence-corrected chi connectivity index (χ4v) is 1.86. The zero-order valence-corrected chi connectivity index (χ0v) is 11.8. The van der Waals surface area contributed by atoms with Crippen LogP contribution < -0.4 is 4.74 Å². The second-order valence-electron chi connectivity index (χ2n) is 4.62. The maximum absolute atomic E-state index is 13.5. The molecule has 0 fully saturated rings. The lowest BCUT2D eigenvalue weighted by Gasteiger charge is -2.13. The number of ether oxygens (including phenoxy) is 1. The highest BCUT2D eigenvalue weighted by molar-refractivity contribution is 5.74. The van der Waals surface area contributed by atoms with Gasteiger partial charge in [-0.25, -0.2) is 9.18 Å². The minimum Gasteiger partial charge on any atom is -0.493 e. The molecule has 110 valence electrons. The number of unbranched alkanes of at least 4 members (excludes halogenated alkanes) is 2. The summed E-state index contributed by atoms with van der Waals surface area (Å²) in [5.74, 6) is -0.944. The van der Waals surface area contributed by atoms with Crippen molar-refractivity contribution in [2.75, 3.05) is 6.61 Å². The van der Waals surface area contributed by atoms with Crippen molar-refractivity contribution in [3.63, 3.8) is 0 Å². The Morgan fingerprint density at radius 2 is 2.25 bits per heavy atom. The van der Waals surface area contributed by atoms with Crippen LogP contribution >= 0.6 is 0 Å². The largest absolute Gasteiger partial charge is 0.493 e. The number of benzene rings is 1. The lowest BCUT2D eigenvalue weighted by Crippen LogP contribution is -2.07. The van der Waals surface area contributed by atoms with Crippen LogP contribution in [0.15, 0.2) is 30.9 Å². The fraction of sp³-hybridized carbons (Fsp3) is 0.438. The van der Waals surface area contributed by atoms with Crippen molar-refractivity contribution < 1.29 is 19.0 Å². The van der Waals surface area contributed by atoms with Gasteiger partial charge in [0.05, 0.1) is 6.61 Å². The minimum absolute atomic E-state index is 0.107. The summed E-state index contributed by atoms with van der Waals surface area (Å²) in [7, 11) is 0. The van der Waals surface area contributed by atoms with E-state index >= 15 is 0 Å². The Morgan fingerprint density at radius 3 is 2.85 bits per heavy atom. The molecule has 0 spiro atoms. The molecule has 1 N–H and O–H groups in total. The van der Waals surface area contributed by atoms with Crippen LogP contribution in [0.5, 0.6) is 5.75 Å². The number of halogens is 1. The molecule has 1 atom stereocenters. The topological polar surface area (TPSA) is 46.5 Å². The molecule has 0 saturated carbocycles. The molecule has 1 unspecified atom stereocenters. The van der Waals surface area contributed by atoms with E-state index in [0.29, 0.717) is 18.8 Å². The maximum atomic E-state index is 13.5. The molecule has 0 aliphatic carbocycles. The molecule has 1 aromatic carbocycles. The van der Waals surface area contributed by atoms with Crippen molar-refractivity contribution in [1.82, 2.24) is 0 Å². The molecule has 1 rings (SSSR count). The van der Waals surface area contributed by atoms with E-state index in [9.17, 15) is 9.18 Å². The fourth-order valence-electron chi connectivity index (χ4n) is 1.86. The summed E-state index contributed by atoms with van der Waals surface area (Å²) >= 11 is 0. The van der Waals surface area contributed by atoms with Crippen molar-refractivity contribution >= 4 is 5.97 Å². The van der Waals surface area contributed by atoms with Gasteiger partial charge in [-0.1, -0.05) is 38.0 Å². The van der Waals surface area contributed by atoms with Gasteiger partial charge in [0.2, 0.25) is 6.17 Å². The monoisotopic (exact) mass is 280 g/mol. The summed E-state index contributed by atoms with van der Waals surface area (Å²) in [6.07, 6.45) is 3.40.